The molecule has 0 radical (unpaired) electrons. The Hall–Kier alpha value is -2.27. The molecule has 2 aromatic rings. The molecule has 0 aromatic carbocycles. The number of nitrogens with zero attached hydrogens (tertiary/aromatic N) is 1. The standard InChI is InChI=1S/C12H11BrN4O5S/c1-4(11(20)21)23-12-16-8(14)7(10(19)17-12)15-9(18)5-2-3-6(13)22-5/h2-4H,1H3,(H,15,18)(H,20,21)(H3,14,16,17,19)/t4-/m1/s1. The predicted molar refractivity (Wildman–Crippen MR) is 86.6 cm³/mol. The summed E-state index contributed by atoms with van der Waals surface area (Å²) < 4.78 is 5.42. The van der Waals surface area contributed by atoms with Gasteiger partial charge in [0.05, 0.1) is 0 Å². The maximum Gasteiger partial charge on any atom is 0.316 e. The van der Waals surface area contributed by atoms with Crippen LogP contribution in [-0.2, 0) is 4.79 Å². The number of carbonyl (C=O) groups is 2. The third-order valence-electron chi connectivity index (χ3n) is 2.60. The van der Waals surface area contributed by atoms with Crippen LogP contribution in [0.4, 0.5) is 11.5 Å². The molecule has 2 rings (SSSR count). The van der Waals surface area contributed by atoms with Crippen molar-refractivity contribution in [2.24, 2.45) is 0 Å². The van der Waals surface area contributed by atoms with Crippen molar-refractivity contribution in [1.29, 1.82) is 0 Å². The van der Waals surface area contributed by atoms with Gasteiger partial charge in [-0.05, 0) is 35.0 Å². The van der Waals surface area contributed by atoms with Crippen LogP contribution in [0.5, 0.6) is 0 Å². The zero-order valence-electron chi connectivity index (χ0n) is 11.6. The maximum absolute atomic E-state index is 12.0. The monoisotopic (exact) mass is 402 g/mol. The molecule has 1 amide bonds. The first-order valence-corrected chi connectivity index (χ1v) is 7.81. The first-order valence-electron chi connectivity index (χ1n) is 6.14. The summed E-state index contributed by atoms with van der Waals surface area (Å²) in [6, 6.07) is 2.93. The highest BCUT2D eigenvalue weighted by Gasteiger charge is 2.19. The summed E-state index contributed by atoms with van der Waals surface area (Å²) in [5.41, 5.74) is 4.72. The number of aliphatic carboxylic acids is 1. The number of nitrogens with one attached hydrogen (secondary N) is 2. The molecule has 0 aliphatic carbocycles. The summed E-state index contributed by atoms with van der Waals surface area (Å²) in [7, 11) is 0. The Bertz CT molecular complexity index is 818. The van der Waals surface area contributed by atoms with E-state index in [2.05, 4.69) is 31.2 Å². The van der Waals surface area contributed by atoms with Crippen molar-refractivity contribution in [1.82, 2.24) is 9.97 Å². The average Bonchev–Trinajstić information content (AvgIpc) is 2.89. The molecule has 2 aromatic heterocycles. The van der Waals surface area contributed by atoms with E-state index in [1.165, 1.54) is 19.1 Å². The number of H-pyrrole nitrogens is 1. The topological polar surface area (TPSA) is 151 Å². The SMILES string of the molecule is C[C@@H](Sc1nc(N)c(NC(=O)c2ccc(Br)o2)c(=O)[nH]1)C(=O)O. The van der Waals surface area contributed by atoms with Crippen molar-refractivity contribution in [3.05, 3.63) is 32.9 Å². The molecule has 11 heteroatoms. The summed E-state index contributed by atoms with van der Waals surface area (Å²) in [5.74, 6) is -1.98. The first kappa shape index (κ1) is 17.1. The molecule has 0 bridgehead atoms. The molecule has 2 heterocycles. The average molecular weight is 403 g/mol. The van der Waals surface area contributed by atoms with Gasteiger partial charge in [0, 0.05) is 0 Å². The third kappa shape index (κ3) is 4.13. The molecule has 1 atom stereocenters. The number of aromatic amines is 1. The summed E-state index contributed by atoms with van der Waals surface area (Å²) in [5, 5.41) is 10.4. The Kier molecular flexibility index (Phi) is 5.11. The highest BCUT2D eigenvalue weighted by molar-refractivity contribution is 9.10. The van der Waals surface area contributed by atoms with Gasteiger partial charge >= 0.3 is 5.97 Å². The molecule has 122 valence electrons. The fraction of sp³-hybridized carbons (Fsp3) is 0.167. The van der Waals surface area contributed by atoms with Crippen molar-refractivity contribution >= 4 is 51.1 Å². The Morgan fingerprint density at radius 3 is 2.74 bits per heavy atom. The molecule has 0 fully saturated rings. The quantitative estimate of drug-likeness (QED) is 0.433. The maximum atomic E-state index is 12.0. The lowest BCUT2D eigenvalue weighted by atomic mass is 10.4. The van der Waals surface area contributed by atoms with E-state index in [0.717, 1.165) is 11.8 Å². The van der Waals surface area contributed by atoms with E-state index in [1.54, 1.807) is 0 Å². The van der Waals surface area contributed by atoms with E-state index in [1.807, 2.05) is 0 Å². The normalized spacial score (nSPS) is 11.9. The number of nitrogen functional groups attached to an aromatic ring is 1. The number of rotatable bonds is 5. The number of carboxylic acids is 1. The number of aromatic nitrogens is 2. The summed E-state index contributed by atoms with van der Waals surface area (Å²) >= 11 is 3.88. The van der Waals surface area contributed by atoms with Crippen LogP contribution < -0.4 is 16.6 Å². The van der Waals surface area contributed by atoms with Crippen LogP contribution in [0.2, 0.25) is 0 Å². The van der Waals surface area contributed by atoms with Gasteiger partial charge in [-0.2, -0.15) is 0 Å². The molecule has 5 N–H and O–H groups in total. The molecular weight excluding hydrogens is 392 g/mol. The number of carboxylic acid groups (broad SMARTS) is 1. The Labute approximate surface area is 141 Å². The second kappa shape index (κ2) is 6.87. The lowest BCUT2D eigenvalue weighted by Crippen LogP contribution is -2.23. The van der Waals surface area contributed by atoms with Crippen LogP contribution in [0.1, 0.15) is 17.5 Å². The molecule has 0 spiro atoms. The minimum Gasteiger partial charge on any atom is -0.480 e. The van der Waals surface area contributed by atoms with E-state index in [4.69, 9.17) is 15.3 Å². The highest BCUT2D eigenvalue weighted by atomic mass is 79.9. The Balaban J connectivity index is 2.22. The number of thioether (sulfide) groups is 1. The van der Waals surface area contributed by atoms with Crippen molar-refractivity contribution in [3.63, 3.8) is 0 Å². The lowest BCUT2D eigenvalue weighted by Gasteiger charge is -2.09. The second-order valence-corrected chi connectivity index (χ2v) is 6.40. The van der Waals surface area contributed by atoms with Gasteiger partial charge < -0.3 is 20.6 Å². The number of hydrogen-bond donors (Lipinski definition) is 4. The van der Waals surface area contributed by atoms with Crippen molar-refractivity contribution in [3.8, 4) is 0 Å². The van der Waals surface area contributed by atoms with Gasteiger partial charge in [-0.1, -0.05) is 11.8 Å². The van der Waals surface area contributed by atoms with Crippen LogP contribution in [0.25, 0.3) is 0 Å². The van der Waals surface area contributed by atoms with Crippen molar-refractivity contribution in [2.75, 3.05) is 11.1 Å². The van der Waals surface area contributed by atoms with Gasteiger partial charge in [0.2, 0.25) is 0 Å². The van der Waals surface area contributed by atoms with Gasteiger partial charge in [0.25, 0.3) is 11.5 Å². The van der Waals surface area contributed by atoms with E-state index in [0.29, 0.717) is 4.67 Å². The lowest BCUT2D eigenvalue weighted by molar-refractivity contribution is -0.136. The van der Waals surface area contributed by atoms with Crippen molar-refractivity contribution in [2.45, 2.75) is 17.3 Å². The fourth-order valence-corrected chi connectivity index (χ4v) is 2.52. The first-order chi connectivity index (χ1) is 10.8. The number of anilines is 2. The Morgan fingerprint density at radius 2 is 2.22 bits per heavy atom. The van der Waals surface area contributed by atoms with Crippen LogP contribution >= 0.6 is 27.7 Å². The third-order valence-corrected chi connectivity index (χ3v) is 4.00. The zero-order valence-corrected chi connectivity index (χ0v) is 14.0. The van der Waals surface area contributed by atoms with Crippen LogP contribution in [0.3, 0.4) is 0 Å². The van der Waals surface area contributed by atoms with Gasteiger partial charge in [-0.3, -0.25) is 19.4 Å². The van der Waals surface area contributed by atoms with Crippen LogP contribution in [0.15, 0.2) is 31.2 Å². The van der Waals surface area contributed by atoms with Crippen molar-refractivity contribution < 1.29 is 19.1 Å². The molecule has 0 aliphatic rings. The van der Waals surface area contributed by atoms with Gasteiger partial charge in [-0.25, -0.2) is 4.98 Å². The number of halogens is 1. The zero-order chi connectivity index (χ0) is 17.1. The van der Waals surface area contributed by atoms with Crippen LogP contribution in [-0.4, -0.2) is 32.2 Å². The van der Waals surface area contributed by atoms with Gasteiger partial charge in [0.1, 0.15) is 5.25 Å². The fourth-order valence-electron chi connectivity index (χ4n) is 1.48. The predicted octanol–water partition coefficient (Wildman–Crippen LogP) is 1.53. The van der Waals surface area contributed by atoms with E-state index < -0.39 is 22.7 Å². The summed E-state index contributed by atoms with van der Waals surface area (Å²) in [6.07, 6.45) is 0. The highest BCUT2D eigenvalue weighted by Crippen LogP contribution is 2.22. The second-order valence-electron chi connectivity index (χ2n) is 4.29. The minimum atomic E-state index is -1.06. The Morgan fingerprint density at radius 1 is 1.52 bits per heavy atom. The summed E-state index contributed by atoms with van der Waals surface area (Å²) in [6.45, 7) is 1.44. The number of amides is 1. The number of carbonyl (C=O) groups excluding carboxylic acids is 1. The van der Waals surface area contributed by atoms with E-state index in [-0.39, 0.29) is 22.4 Å². The van der Waals surface area contributed by atoms with E-state index >= 15 is 0 Å². The van der Waals surface area contributed by atoms with Crippen LogP contribution in [0, 0.1) is 0 Å². The molecule has 0 saturated carbocycles. The number of nitrogens with two attached hydrogens (primary N) is 1. The number of furan rings is 1. The van der Waals surface area contributed by atoms with Gasteiger partial charge in [-0.15, -0.1) is 0 Å². The number of hydrogen-bond acceptors (Lipinski definition) is 7. The minimum absolute atomic E-state index is 0.0198. The molecule has 0 aliphatic heterocycles. The molecule has 0 saturated heterocycles. The molecular formula is C12H11BrN4O5S. The molecule has 0 unspecified atom stereocenters. The van der Waals surface area contributed by atoms with E-state index in [9.17, 15) is 14.4 Å². The molecule has 23 heavy (non-hydrogen) atoms. The summed E-state index contributed by atoms with van der Waals surface area (Å²) in [4.78, 5) is 41.0. The largest absolute Gasteiger partial charge is 0.480 e. The van der Waals surface area contributed by atoms with Gasteiger partial charge in [0.15, 0.2) is 27.1 Å². The smallest absolute Gasteiger partial charge is 0.316 e. The molecule has 9 nitrogen and oxygen atoms in total.